The summed E-state index contributed by atoms with van der Waals surface area (Å²) >= 11 is 0. The first kappa shape index (κ1) is 10.8. The molecule has 0 heterocycles. The van der Waals surface area contributed by atoms with Crippen molar-refractivity contribution in [3.05, 3.63) is 29.6 Å². The molecule has 0 unspecified atom stereocenters. The molecule has 1 aliphatic carbocycles. The molecule has 1 aliphatic rings. The maximum atomic E-state index is 13.5. The van der Waals surface area contributed by atoms with Gasteiger partial charge in [-0.1, -0.05) is 6.07 Å². The molecule has 1 saturated carbocycles. The number of ether oxygens (including phenoxy) is 1. The van der Waals surface area contributed by atoms with E-state index >= 15 is 0 Å². The fourth-order valence-electron chi connectivity index (χ4n) is 1.63. The molecule has 0 radical (unpaired) electrons. The van der Waals surface area contributed by atoms with Gasteiger partial charge in [-0.05, 0) is 18.9 Å². The largest absolute Gasteiger partial charge is 0.435 e. The van der Waals surface area contributed by atoms with Crippen molar-refractivity contribution in [1.82, 2.24) is 0 Å². The van der Waals surface area contributed by atoms with Crippen LogP contribution in [0.1, 0.15) is 18.4 Å². The number of hydrogen-bond donors (Lipinski definition) is 0. The summed E-state index contributed by atoms with van der Waals surface area (Å²) in [5.41, 5.74) is -0.496. The second-order valence-corrected chi connectivity index (χ2v) is 3.71. The van der Waals surface area contributed by atoms with Gasteiger partial charge in [0.2, 0.25) is 0 Å². The van der Waals surface area contributed by atoms with E-state index in [1.807, 2.05) is 6.07 Å². The highest BCUT2D eigenvalue weighted by Crippen LogP contribution is 2.48. The Balaban J connectivity index is 2.28. The predicted octanol–water partition coefficient (Wildman–Crippen LogP) is 2.98. The summed E-state index contributed by atoms with van der Waals surface area (Å²) in [6.45, 7) is -2.98. The minimum Gasteiger partial charge on any atom is -0.435 e. The SMILES string of the molecule is N#CC1(c2ccc(OC(F)F)cc2F)CC1. The zero-order valence-electron chi connectivity index (χ0n) is 8.21. The normalized spacial score (nSPS) is 16.9. The van der Waals surface area contributed by atoms with Crippen molar-refractivity contribution in [1.29, 1.82) is 5.26 Å². The van der Waals surface area contributed by atoms with Crippen molar-refractivity contribution < 1.29 is 17.9 Å². The Morgan fingerprint density at radius 3 is 2.50 bits per heavy atom. The Hall–Kier alpha value is -1.70. The number of nitriles is 1. The van der Waals surface area contributed by atoms with Crippen LogP contribution in [-0.2, 0) is 5.41 Å². The lowest BCUT2D eigenvalue weighted by Gasteiger charge is -2.10. The van der Waals surface area contributed by atoms with Crippen LogP contribution >= 0.6 is 0 Å². The van der Waals surface area contributed by atoms with Gasteiger partial charge in [0, 0.05) is 11.6 Å². The summed E-state index contributed by atoms with van der Waals surface area (Å²) in [6, 6.07) is 5.52. The van der Waals surface area contributed by atoms with Gasteiger partial charge in [-0.25, -0.2) is 4.39 Å². The first-order chi connectivity index (χ1) is 7.57. The Bertz CT molecular complexity index is 449. The van der Waals surface area contributed by atoms with E-state index in [0.29, 0.717) is 12.8 Å². The van der Waals surface area contributed by atoms with Crippen LogP contribution in [0.15, 0.2) is 18.2 Å². The van der Waals surface area contributed by atoms with Crippen molar-refractivity contribution in [3.63, 3.8) is 0 Å². The summed E-state index contributed by atoms with van der Waals surface area (Å²) < 4.78 is 41.3. The highest BCUT2D eigenvalue weighted by atomic mass is 19.3. The van der Waals surface area contributed by atoms with Gasteiger partial charge in [0.1, 0.15) is 11.6 Å². The molecule has 16 heavy (non-hydrogen) atoms. The van der Waals surface area contributed by atoms with Crippen molar-refractivity contribution in [2.75, 3.05) is 0 Å². The number of hydrogen-bond acceptors (Lipinski definition) is 2. The van der Waals surface area contributed by atoms with E-state index in [1.165, 1.54) is 12.1 Å². The van der Waals surface area contributed by atoms with Gasteiger partial charge in [-0.2, -0.15) is 14.0 Å². The third-order valence-corrected chi connectivity index (χ3v) is 2.65. The van der Waals surface area contributed by atoms with Crippen LogP contribution in [-0.4, -0.2) is 6.61 Å². The second kappa shape index (κ2) is 3.71. The lowest BCUT2D eigenvalue weighted by atomic mass is 9.97. The van der Waals surface area contributed by atoms with Crippen molar-refractivity contribution >= 4 is 0 Å². The standard InChI is InChI=1S/C11H8F3NO/c12-9-5-7(16-10(13)14)1-2-8(9)11(6-15)3-4-11/h1-2,5,10H,3-4H2. The highest BCUT2D eigenvalue weighted by molar-refractivity contribution is 5.42. The average molecular weight is 227 g/mol. The molecule has 0 atom stereocenters. The van der Waals surface area contributed by atoms with Gasteiger partial charge in [-0.3, -0.25) is 0 Å². The number of nitrogens with zero attached hydrogens (tertiary/aromatic N) is 1. The van der Waals surface area contributed by atoms with Gasteiger partial charge in [0.05, 0.1) is 11.5 Å². The Morgan fingerprint density at radius 2 is 2.06 bits per heavy atom. The minimum atomic E-state index is -2.98. The highest BCUT2D eigenvalue weighted by Gasteiger charge is 2.46. The zero-order chi connectivity index (χ0) is 11.8. The molecule has 5 heteroatoms. The lowest BCUT2D eigenvalue weighted by Crippen LogP contribution is -2.07. The maximum Gasteiger partial charge on any atom is 0.387 e. The first-order valence-corrected chi connectivity index (χ1v) is 4.73. The van der Waals surface area contributed by atoms with Crippen LogP contribution in [0.2, 0.25) is 0 Å². The fourth-order valence-corrected chi connectivity index (χ4v) is 1.63. The topological polar surface area (TPSA) is 33.0 Å². The molecule has 0 amide bonds. The molecule has 84 valence electrons. The molecule has 1 aromatic rings. The summed E-state index contributed by atoms with van der Waals surface area (Å²) in [4.78, 5) is 0. The molecule has 0 N–H and O–H groups in total. The molecule has 0 spiro atoms. The molecule has 1 fully saturated rings. The summed E-state index contributed by atoms with van der Waals surface area (Å²) in [7, 11) is 0. The molecular weight excluding hydrogens is 219 g/mol. The third kappa shape index (κ3) is 1.83. The van der Waals surface area contributed by atoms with Crippen LogP contribution in [0.25, 0.3) is 0 Å². The number of alkyl halides is 2. The van der Waals surface area contributed by atoms with Crippen LogP contribution in [0.4, 0.5) is 13.2 Å². The van der Waals surface area contributed by atoms with Crippen LogP contribution in [0.5, 0.6) is 5.75 Å². The van der Waals surface area contributed by atoms with Gasteiger partial charge >= 0.3 is 6.61 Å². The van der Waals surface area contributed by atoms with E-state index in [4.69, 9.17) is 5.26 Å². The van der Waals surface area contributed by atoms with Crippen molar-refractivity contribution in [2.24, 2.45) is 0 Å². The number of halogens is 3. The molecule has 0 bridgehead atoms. The molecule has 1 aromatic carbocycles. The Labute approximate surface area is 90.3 Å². The van der Waals surface area contributed by atoms with Crippen LogP contribution in [0.3, 0.4) is 0 Å². The molecule has 0 aliphatic heterocycles. The smallest absolute Gasteiger partial charge is 0.387 e. The predicted molar refractivity (Wildman–Crippen MR) is 49.6 cm³/mol. The van der Waals surface area contributed by atoms with Crippen LogP contribution in [0, 0.1) is 17.1 Å². The van der Waals surface area contributed by atoms with E-state index in [0.717, 1.165) is 6.07 Å². The van der Waals surface area contributed by atoms with Gasteiger partial charge < -0.3 is 4.74 Å². The Morgan fingerprint density at radius 1 is 1.38 bits per heavy atom. The van der Waals surface area contributed by atoms with E-state index in [2.05, 4.69) is 4.74 Å². The first-order valence-electron chi connectivity index (χ1n) is 4.73. The van der Waals surface area contributed by atoms with E-state index < -0.39 is 17.8 Å². The number of benzene rings is 1. The summed E-state index contributed by atoms with van der Waals surface area (Å²) in [5.74, 6) is -0.901. The van der Waals surface area contributed by atoms with Crippen molar-refractivity contribution in [3.8, 4) is 11.8 Å². The summed E-state index contributed by atoms with van der Waals surface area (Å²) in [6.07, 6.45) is 1.21. The third-order valence-electron chi connectivity index (χ3n) is 2.65. The molecule has 0 saturated heterocycles. The second-order valence-electron chi connectivity index (χ2n) is 3.71. The van der Waals surface area contributed by atoms with Gasteiger partial charge in [0.25, 0.3) is 0 Å². The molecule has 2 rings (SSSR count). The van der Waals surface area contributed by atoms with Gasteiger partial charge in [0.15, 0.2) is 0 Å². The fraction of sp³-hybridized carbons (Fsp3) is 0.364. The van der Waals surface area contributed by atoms with E-state index in [9.17, 15) is 13.2 Å². The number of rotatable bonds is 3. The maximum absolute atomic E-state index is 13.5. The monoisotopic (exact) mass is 227 g/mol. The van der Waals surface area contributed by atoms with Crippen molar-refractivity contribution in [2.45, 2.75) is 24.9 Å². The Kier molecular flexibility index (Phi) is 2.50. The summed E-state index contributed by atoms with van der Waals surface area (Å²) in [5, 5.41) is 8.88. The quantitative estimate of drug-likeness (QED) is 0.795. The van der Waals surface area contributed by atoms with E-state index in [-0.39, 0.29) is 11.3 Å². The average Bonchev–Trinajstić information content (AvgIpc) is 2.97. The lowest BCUT2D eigenvalue weighted by molar-refractivity contribution is -0.0500. The molecule has 2 nitrogen and oxygen atoms in total. The minimum absolute atomic E-state index is 0.231. The molecule has 0 aromatic heterocycles. The van der Waals surface area contributed by atoms with Gasteiger partial charge in [-0.15, -0.1) is 0 Å². The van der Waals surface area contributed by atoms with Crippen LogP contribution < -0.4 is 4.74 Å². The molecular formula is C11H8F3NO. The van der Waals surface area contributed by atoms with E-state index in [1.54, 1.807) is 0 Å². The zero-order valence-corrected chi connectivity index (χ0v) is 8.21.